The van der Waals surface area contributed by atoms with Crippen molar-refractivity contribution in [1.82, 2.24) is 14.8 Å². The quantitative estimate of drug-likeness (QED) is 0.502. The maximum atomic E-state index is 12.9. The third-order valence-electron chi connectivity index (χ3n) is 6.17. The molecule has 0 unspecified atom stereocenters. The van der Waals surface area contributed by atoms with Crippen molar-refractivity contribution < 1.29 is 18.0 Å². The molecule has 1 aliphatic heterocycles. The van der Waals surface area contributed by atoms with Gasteiger partial charge in [-0.1, -0.05) is 12.1 Å². The van der Waals surface area contributed by atoms with E-state index < -0.39 is 18.0 Å². The average molecular weight is 533 g/mol. The first-order valence-electron chi connectivity index (χ1n) is 11.8. The summed E-state index contributed by atoms with van der Waals surface area (Å²) in [5.74, 6) is -1.93. The van der Waals surface area contributed by atoms with Crippen LogP contribution in [0.1, 0.15) is 25.3 Å². The average Bonchev–Trinajstić information content (AvgIpc) is 3.20. The number of nitrogens with one attached hydrogen (secondary N) is 2. The van der Waals surface area contributed by atoms with Gasteiger partial charge in [-0.25, -0.2) is 0 Å². The Labute approximate surface area is 215 Å². The fourth-order valence-corrected chi connectivity index (χ4v) is 5.22. The minimum Gasteiger partial charge on any atom is -0.360 e. The molecule has 12 heteroatoms. The lowest BCUT2D eigenvalue weighted by Gasteiger charge is -2.32. The molecule has 3 rings (SSSR count). The lowest BCUT2D eigenvalue weighted by Crippen LogP contribution is -2.39. The summed E-state index contributed by atoms with van der Waals surface area (Å²) in [5.41, 5.74) is 1.14. The Morgan fingerprint density at radius 1 is 1.27 bits per heavy atom. The number of benzene rings is 1. The molecule has 1 aliphatic rings. The zero-order valence-corrected chi connectivity index (χ0v) is 21.1. The summed E-state index contributed by atoms with van der Waals surface area (Å²) in [6.45, 7) is 3.24. The van der Waals surface area contributed by atoms with Crippen molar-refractivity contribution in [2.75, 3.05) is 31.5 Å². The van der Waals surface area contributed by atoms with Crippen LogP contribution in [0.15, 0.2) is 29.1 Å². The highest BCUT2D eigenvalue weighted by Gasteiger charge is 2.40. The Hall–Kier alpha value is -3.61. The van der Waals surface area contributed by atoms with Crippen molar-refractivity contribution in [2.24, 2.45) is 5.92 Å². The minimum atomic E-state index is -4.12. The van der Waals surface area contributed by atoms with Crippen LogP contribution in [0.25, 0.3) is 11.8 Å². The molecular formula is C25H27F3N6O2S. The molecular weight excluding hydrogens is 505 g/mol. The zero-order chi connectivity index (χ0) is 27.0. The van der Waals surface area contributed by atoms with E-state index in [0.29, 0.717) is 30.6 Å². The normalized spacial score (nSPS) is 16.1. The van der Waals surface area contributed by atoms with Crippen molar-refractivity contribution in [3.05, 3.63) is 49.4 Å². The minimum absolute atomic E-state index is 0.128. The SMILES string of the molecule is CCn1c(=C(C#N)C(=O)NCC#N)sc(=CNc2cccc(CCN3CCC(C(F)(F)F)CC3)c2)c1=O. The van der Waals surface area contributed by atoms with E-state index in [2.05, 4.69) is 10.6 Å². The molecule has 2 N–H and O–H groups in total. The number of likely N-dealkylation sites (tertiary alicyclic amines) is 1. The maximum absolute atomic E-state index is 12.9. The van der Waals surface area contributed by atoms with Crippen molar-refractivity contribution in [3.8, 4) is 12.1 Å². The summed E-state index contributed by atoms with van der Waals surface area (Å²) in [4.78, 5) is 27.2. The summed E-state index contributed by atoms with van der Waals surface area (Å²) in [6.07, 6.45) is -1.67. The summed E-state index contributed by atoms with van der Waals surface area (Å²) in [5, 5.41) is 23.6. The van der Waals surface area contributed by atoms with E-state index in [1.165, 1.54) is 10.8 Å². The van der Waals surface area contributed by atoms with Crippen molar-refractivity contribution in [3.63, 3.8) is 0 Å². The number of aromatic nitrogens is 1. The van der Waals surface area contributed by atoms with Crippen LogP contribution in [0, 0.1) is 28.6 Å². The number of nitriles is 2. The first-order valence-corrected chi connectivity index (χ1v) is 12.6. The Balaban J connectivity index is 1.73. The van der Waals surface area contributed by atoms with Gasteiger partial charge < -0.3 is 15.5 Å². The molecule has 2 heterocycles. The number of nitrogens with zero attached hydrogens (tertiary/aromatic N) is 4. The number of carbonyl (C=O) groups excluding carboxylic acids is 1. The fourth-order valence-electron chi connectivity index (χ4n) is 4.13. The number of halogens is 3. The van der Waals surface area contributed by atoms with Gasteiger partial charge in [0.15, 0.2) is 5.57 Å². The summed E-state index contributed by atoms with van der Waals surface area (Å²) >= 11 is 1.00. The second-order valence-corrected chi connectivity index (χ2v) is 9.58. The molecule has 1 saturated heterocycles. The molecule has 8 nitrogen and oxygen atoms in total. The van der Waals surface area contributed by atoms with Crippen LogP contribution in [0.2, 0.25) is 0 Å². The molecule has 0 bridgehead atoms. The summed E-state index contributed by atoms with van der Waals surface area (Å²) in [6, 6.07) is 11.1. The van der Waals surface area contributed by atoms with Gasteiger partial charge in [0, 0.05) is 25.0 Å². The topological polar surface area (TPSA) is 114 Å². The Morgan fingerprint density at radius 3 is 2.62 bits per heavy atom. The van der Waals surface area contributed by atoms with Gasteiger partial charge in [-0.3, -0.25) is 14.2 Å². The number of anilines is 1. The third kappa shape index (κ3) is 7.21. The highest BCUT2D eigenvalue weighted by molar-refractivity contribution is 7.07. The molecule has 0 radical (unpaired) electrons. The zero-order valence-electron chi connectivity index (χ0n) is 20.3. The fraction of sp³-hybridized carbons (Fsp3) is 0.440. The van der Waals surface area contributed by atoms with Crippen molar-refractivity contribution in [1.29, 1.82) is 10.5 Å². The van der Waals surface area contributed by atoms with Gasteiger partial charge in [-0.15, -0.1) is 11.3 Å². The second-order valence-electron chi connectivity index (χ2n) is 8.55. The monoisotopic (exact) mass is 532 g/mol. The summed E-state index contributed by atoms with van der Waals surface area (Å²) in [7, 11) is 0. The number of piperidine rings is 1. The number of carbonyl (C=O) groups is 1. The maximum Gasteiger partial charge on any atom is 0.391 e. The van der Waals surface area contributed by atoms with Crippen molar-refractivity contribution >= 4 is 34.7 Å². The van der Waals surface area contributed by atoms with E-state index in [4.69, 9.17) is 5.26 Å². The van der Waals surface area contributed by atoms with E-state index in [-0.39, 0.29) is 41.7 Å². The van der Waals surface area contributed by atoms with Crippen LogP contribution in [0.4, 0.5) is 18.9 Å². The van der Waals surface area contributed by atoms with Gasteiger partial charge in [0.2, 0.25) is 0 Å². The molecule has 196 valence electrons. The number of rotatable bonds is 8. The van der Waals surface area contributed by atoms with Crippen LogP contribution >= 0.6 is 11.3 Å². The lowest BCUT2D eigenvalue weighted by atomic mass is 9.96. The second kappa shape index (κ2) is 12.6. The molecule has 1 amide bonds. The number of alkyl halides is 3. The Morgan fingerprint density at radius 2 is 2.00 bits per heavy atom. The highest BCUT2D eigenvalue weighted by Crippen LogP contribution is 2.34. The molecule has 1 aromatic heterocycles. The largest absolute Gasteiger partial charge is 0.391 e. The smallest absolute Gasteiger partial charge is 0.360 e. The molecule has 37 heavy (non-hydrogen) atoms. The van der Waals surface area contributed by atoms with Gasteiger partial charge in [-0.05, 0) is 57.0 Å². The number of hydrogen-bond donors (Lipinski definition) is 2. The Bertz CT molecular complexity index is 1380. The highest BCUT2D eigenvalue weighted by atomic mass is 32.1. The van der Waals surface area contributed by atoms with E-state index in [1.807, 2.05) is 35.2 Å². The van der Waals surface area contributed by atoms with Crippen LogP contribution in [0.3, 0.4) is 0 Å². The van der Waals surface area contributed by atoms with Crippen LogP contribution in [-0.2, 0) is 17.8 Å². The standard InChI is InChI=1S/C25H27F3N6O2S/c1-2-34-23(36)21(37-24(34)20(15-30)22(35)31-10-9-29)16-32-19-5-3-4-17(14-19)6-11-33-12-7-18(8-13-33)25(26,27)28/h3-5,14,16,18,32H,2,6-8,10-13H2,1H3,(H,31,35). The molecule has 1 fully saturated rings. The van der Waals surface area contributed by atoms with Gasteiger partial charge in [0.25, 0.3) is 11.5 Å². The number of amides is 1. The van der Waals surface area contributed by atoms with Gasteiger partial charge >= 0.3 is 6.18 Å². The Kier molecular flexibility index (Phi) is 9.50. The summed E-state index contributed by atoms with van der Waals surface area (Å²) < 4.78 is 40.5. The molecule has 0 atom stereocenters. The number of hydrogen-bond acceptors (Lipinski definition) is 7. The molecule has 0 saturated carbocycles. The first kappa shape index (κ1) is 28.0. The van der Waals surface area contributed by atoms with Crippen LogP contribution in [-0.4, -0.2) is 47.7 Å². The lowest BCUT2D eigenvalue weighted by molar-refractivity contribution is -0.185. The van der Waals surface area contributed by atoms with Crippen LogP contribution in [0.5, 0.6) is 0 Å². The predicted molar refractivity (Wildman–Crippen MR) is 135 cm³/mol. The molecule has 2 aromatic rings. The van der Waals surface area contributed by atoms with Gasteiger partial charge in [0.1, 0.15) is 21.8 Å². The van der Waals surface area contributed by atoms with Gasteiger partial charge in [-0.2, -0.15) is 23.7 Å². The predicted octanol–water partition coefficient (Wildman–Crippen LogP) is 1.91. The van der Waals surface area contributed by atoms with Crippen LogP contribution < -0.4 is 25.4 Å². The van der Waals surface area contributed by atoms with Crippen molar-refractivity contribution in [2.45, 2.75) is 38.9 Å². The van der Waals surface area contributed by atoms with E-state index in [0.717, 1.165) is 22.6 Å². The van der Waals surface area contributed by atoms with E-state index in [1.54, 1.807) is 13.0 Å². The molecule has 0 spiro atoms. The number of thiazole rings is 1. The third-order valence-corrected chi connectivity index (χ3v) is 7.30. The van der Waals surface area contributed by atoms with E-state index >= 15 is 0 Å². The first-order chi connectivity index (χ1) is 17.7. The van der Waals surface area contributed by atoms with E-state index in [9.17, 15) is 28.0 Å². The molecule has 0 aliphatic carbocycles. The molecule has 1 aromatic carbocycles. The van der Waals surface area contributed by atoms with Gasteiger partial charge in [0.05, 0.1) is 12.0 Å².